The van der Waals surface area contributed by atoms with Gasteiger partial charge in [-0.15, -0.1) is 0 Å². The summed E-state index contributed by atoms with van der Waals surface area (Å²) in [7, 11) is 0. The van der Waals surface area contributed by atoms with Crippen LogP contribution in [0.15, 0.2) is 36.1 Å². The number of benzene rings is 1. The Hall–Kier alpha value is -1.70. The third-order valence-electron chi connectivity index (χ3n) is 4.98. The summed E-state index contributed by atoms with van der Waals surface area (Å²) in [4.78, 5) is 0. The molecule has 1 aromatic rings. The predicted molar refractivity (Wildman–Crippen MR) is 90.3 cm³/mol. The van der Waals surface area contributed by atoms with Gasteiger partial charge in [0.25, 0.3) is 0 Å². The van der Waals surface area contributed by atoms with Crippen LogP contribution in [0.4, 0.5) is 0 Å². The molecule has 2 aliphatic rings. The van der Waals surface area contributed by atoms with Crippen LogP contribution in [0.5, 0.6) is 11.5 Å². The van der Waals surface area contributed by atoms with Gasteiger partial charge in [-0.1, -0.05) is 38.0 Å². The van der Waals surface area contributed by atoms with E-state index in [9.17, 15) is 5.11 Å². The van der Waals surface area contributed by atoms with Crippen molar-refractivity contribution in [2.45, 2.75) is 58.3 Å². The van der Waals surface area contributed by atoms with Crippen LogP contribution < -0.4 is 4.74 Å². The first-order chi connectivity index (χ1) is 10.6. The lowest BCUT2D eigenvalue weighted by Crippen LogP contribution is -2.25. The van der Waals surface area contributed by atoms with E-state index in [2.05, 4.69) is 32.6 Å². The quantitative estimate of drug-likeness (QED) is 0.590. The van der Waals surface area contributed by atoms with Crippen LogP contribution in [-0.4, -0.2) is 5.11 Å². The van der Waals surface area contributed by atoms with Crippen molar-refractivity contribution < 1.29 is 9.84 Å². The molecular weight excluding hydrogens is 272 g/mol. The molecule has 1 aliphatic carbocycles. The van der Waals surface area contributed by atoms with Gasteiger partial charge in [0.15, 0.2) is 0 Å². The van der Waals surface area contributed by atoms with Crippen LogP contribution in [0.2, 0.25) is 0 Å². The van der Waals surface area contributed by atoms with Crippen molar-refractivity contribution in [3.8, 4) is 11.5 Å². The average molecular weight is 298 g/mol. The molecule has 0 aromatic heterocycles. The average Bonchev–Trinajstić information content (AvgIpc) is 2.46. The lowest BCUT2D eigenvalue weighted by atomic mass is 9.74. The summed E-state index contributed by atoms with van der Waals surface area (Å²) < 4.78 is 5.98. The van der Waals surface area contributed by atoms with E-state index in [0.29, 0.717) is 11.7 Å². The van der Waals surface area contributed by atoms with Gasteiger partial charge in [-0.05, 0) is 50.3 Å². The van der Waals surface area contributed by atoms with E-state index in [-0.39, 0.29) is 5.92 Å². The molecule has 0 saturated carbocycles. The molecule has 0 saturated heterocycles. The lowest BCUT2D eigenvalue weighted by Gasteiger charge is -2.37. The van der Waals surface area contributed by atoms with Gasteiger partial charge in [0, 0.05) is 17.4 Å². The number of rotatable bonds is 4. The number of hydrogen-bond donors (Lipinski definition) is 1. The molecule has 1 N–H and O–H groups in total. The maximum Gasteiger partial charge on any atom is 0.134 e. The summed E-state index contributed by atoms with van der Waals surface area (Å²) in [6, 6.07) is 4.03. The van der Waals surface area contributed by atoms with Crippen molar-refractivity contribution in [3.63, 3.8) is 0 Å². The summed E-state index contributed by atoms with van der Waals surface area (Å²) in [5.41, 5.74) is 3.51. The molecule has 2 unspecified atom stereocenters. The minimum Gasteiger partial charge on any atom is -0.507 e. The summed E-state index contributed by atoms with van der Waals surface area (Å²) in [5, 5.41) is 10.6. The van der Waals surface area contributed by atoms with Crippen molar-refractivity contribution >= 4 is 0 Å². The molecule has 0 bridgehead atoms. The molecule has 0 fully saturated rings. The first kappa shape index (κ1) is 15.2. The number of hydrogen-bond acceptors (Lipinski definition) is 2. The molecule has 2 atom stereocenters. The Morgan fingerprint density at radius 2 is 2.14 bits per heavy atom. The van der Waals surface area contributed by atoms with E-state index in [1.165, 1.54) is 18.4 Å². The molecule has 2 heteroatoms. The number of phenolic OH excluding ortho intramolecular Hbond substituents is 1. The van der Waals surface area contributed by atoms with Crippen LogP contribution in [0.3, 0.4) is 0 Å². The van der Waals surface area contributed by atoms with Crippen LogP contribution >= 0.6 is 0 Å². The zero-order valence-corrected chi connectivity index (χ0v) is 13.7. The van der Waals surface area contributed by atoms with Gasteiger partial charge in [-0.25, -0.2) is 0 Å². The van der Waals surface area contributed by atoms with Gasteiger partial charge in [0.05, 0.1) is 0 Å². The number of fused-ring (bicyclic) bond motifs is 3. The fourth-order valence-corrected chi connectivity index (χ4v) is 3.74. The standard InChI is InChI=1S/C20H26O2/c1-4-5-6-7-15-11-18(21)20-17-10-13(2)8-9-16(17)14(3)22-19(20)12-15/h10-12,16-17,21H,3-9H2,1-2H3. The van der Waals surface area contributed by atoms with E-state index in [0.717, 1.165) is 48.3 Å². The lowest BCUT2D eigenvalue weighted by molar-refractivity contribution is 0.275. The van der Waals surface area contributed by atoms with E-state index >= 15 is 0 Å². The molecule has 0 amide bonds. The van der Waals surface area contributed by atoms with E-state index in [4.69, 9.17) is 4.74 Å². The topological polar surface area (TPSA) is 29.5 Å². The van der Waals surface area contributed by atoms with E-state index < -0.39 is 0 Å². The minimum atomic E-state index is 0.217. The number of phenols is 1. The number of aromatic hydroxyl groups is 1. The van der Waals surface area contributed by atoms with Crippen molar-refractivity contribution in [2.24, 2.45) is 5.92 Å². The highest BCUT2D eigenvalue weighted by Crippen LogP contribution is 2.51. The van der Waals surface area contributed by atoms with Crippen molar-refractivity contribution in [1.82, 2.24) is 0 Å². The maximum absolute atomic E-state index is 10.6. The Bertz CT molecular complexity index is 612. The minimum absolute atomic E-state index is 0.217. The molecule has 1 aromatic carbocycles. The second-order valence-corrected chi connectivity index (χ2v) is 6.74. The van der Waals surface area contributed by atoms with Crippen molar-refractivity contribution in [1.29, 1.82) is 0 Å². The highest BCUT2D eigenvalue weighted by molar-refractivity contribution is 5.54. The number of ether oxygens (including phenoxy) is 1. The highest BCUT2D eigenvalue weighted by Gasteiger charge is 2.36. The highest BCUT2D eigenvalue weighted by atomic mass is 16.5. The number of aryl methyl sites for hydroxylation is 1. The fourth-order valence-electron chi connectivity index (χ4n) is 3.74. The van der Waals surface area contributed by atoms with Gasteiger partial charge < -0.3 is 9.84 Å². The smallest absolute Gasteiger partial charge is 0.134 e. The van der Waals surface area contributed by atoms with Gasteiger partial charge in [0.1, 0.15) is 17.3 Å². The second kappa shape index (κ2) is 6.20. The zero-order valence-electron chi connectivity index (χ0n) is 13.7. The van der Waals surface area contributed by atoms with Gasteiger partial charge in [-0.3, -0.25) is 0 Å². The normalized spacial score (nSPS) is 23.4. The molecule has 2 nitrogen and oxygen atoms in total. The predicted octanol–water partition coefficient (Wildman–Crippen LogP) is 5.47. The number of unbranched alkanes of at least 4 members (excludes halogenated alkanes) is 2. The van der Waals surface area contributed by atoms with Crippen LogP contribution in [0.1, 0.15) is 63.0 Å². The zero-order chi connectivity index (χ0) is 15.7. The third-order valence-corrected chi connectivity index (χ3v) is 4.98. The second-order valence-electron chi connectivity index (χ2n) is 6.74. The first-order valence-corrected chi connectivity index (χ1v) is 8.50. The van der Waals surface area contributed by atoms with Gasteiger partial charge in [-0.2, -0.15) is 0 Å². The SMILES string of the molecule is C=C1Oc2cc(CCCCC)cc(O)c2C2C=C(C)CCC12. The van der Waals surface area contributed by atoms with Gasteiger partial charge in [0.2, 0.25) is 0 Å². The largest absolute Gasteiger partial charge is 0.507 e. The molecule has 1 aliphatic heterocycles. The molecule has 118 valence electrons. The molecule has 3 rings (SSSR count). The van der Waals surface area contributed by atoms with E-state index in [1.54, 1.807) is 0 Å². The third kappa shape index (κ3) is 2.79. The summed E-state index contributed by atoms with van der Waals surface area (Å²) in [6.45, 7) is 8.50. The summed E-state index contributed by atoms with van der Waals surface area (Å²) >= 11 is 0. The van der Waals surface area contributed by atoms with Crippen LogP contribution in [-0.2, 0) is 6.42 Å². The number of allylic oxidation sites excluding steroid dienone is 3. The van der Waals surface area contributed by atoms with Crippen LogP contribution in [0.25, 0.3) is 0 Å². The maximum atomic E-state index is 10.6. The first-order valence-electron chi connectivity index (χ1n) is 8.50. The van der Waals surface area contributed by atoms with Crippen LogP contribution in [0, 0.1) is 5.92 Å². The van der Waals surface area contributed by atoms with E-state index in [1.807, 2.05) is 6.07 Å². The molecule has 22 heavy (non-hydrogen) atoms. The Morgan fingerprint density at radius 3 is 2.91 bits per heavy atom. The van der Waals surface area contributed by atoms with Gasteiger partial charge >= 0.3 is 0 Å². The molecule has 1 heterocycles. The Balaban J connectivity index is 1.95. The monoisotopic (exact) mass is 298 g/mol. The van der Waals surface area contributed by atoms with Crippen molar-refractivity contribution in [2.75, 3.05) is 0 Å². The molecule has 0 radical (unpaired) electrons. The molecular formula is C20H26O2. The molecule has 0 spiro atoms. The van der Waals surface area contributed by atoms with Crippen molar-refractivity contribution in [3.05, 3.63) is 47.2 Å². The Kier molecular flexibility index (Phi) is 4.28. The Morgan fingerprint density at radius 1 is 1.32 bits per heavy atom. The fraction of sp³-hybridized carbons (Fsp3) is 0.500. The summed E-state index contributed by atoms with van der Waals surface area (Å²) in [5.74, 6) is 2.57. The summed E-state index contributed by atoms with van der Waals surface area (Å²) in [6.07, 6.45) is 9.01. The Labute approximate surface area is 133 Å².